The van der Waals surface area contributed by atoms with Crippen LogP contribution >= 0.6 is 0 Å². The molecule has 21 heavy (non-hydrogen) atoms. The van der Waals surface area contributed by atoms with Crippen LogP contribution in [0, 0.1) is 10.1 Å². The van der Waals surface area contributed by atoms with Crippen LogP contribution in [0.15, 0.2) is 17.3 Å². The molecule has 0 aliphatic carbocycles. The van der Waals surface area contributed by atoms with Crippen molar-refractivity contribution in [1.82, 2.24) is 4.98 Å². The topological polar surface area (TPSA) is 147 Å². The molecular formula is C11H15N5O5. The van der Waals surface area contributed by atoms with Crippen LogP contribution in [0.25, 0.3) is 0 Å². The Kier molecular flexibility index (Phi) is 4.50. The molecule has 0 spiro atoms. The largest absolute Gasteiger partial charge is 0.409 e. The van der Waals surface area contributed by atoms with Crippen LogP contribution in [-0.4, -0.2) is 58.5 Å². The maximum Gasteiger partial charge on any atom is 0.298 e. The monoisotopic (exact) mass is 297 g/mol. The van der Waals surface area contributed by atoms with E-state index in [1.807, 2.05) is 4.90 Å². The smallest absolute Gasteiger partial charge is 0.298 e. The number of aliphatic hydroxyl groups excluding tert-OH is 1. The molecule has 1 aromatic heterocycles. The predicted octanol–water partition coefficient (Wildman–Crippen LogP) is -0.718. The Morgan fingerprint density at radius 2 is 2.43 bits per heavy atom. The van der Waals surface area contributed by atoms with Crippen molar-refractivity contribution in [3.05, 3.63) is 27.9 Å². The molecule has 0 bridgehead atoms. The Balaban J connectivity index is 2.35. The minimum absolute atomic E-state index is 0.128. The summed E-state index contributed by atoms with van der Waals surface area (Å²) in [6, 6.07) is 2.73. The highest BCUT2D eigenvalue weighted by atomic mass is 16.6. The summed E-state index contributed by atoms with van der Waals surface area (Å²) in [5.74, 6) is -0.000493. The summed E-state index contributed by atoms with van der Waals surface area (Å²) in [4.78, 5) is 16.2. The van der Waals surface area contributed by atoms with Gasteiger partial charge in [-0.2, -0.15) is 0 Å². The summed E-state index contributed by atoms with van der Waals surface area (Å²) in [6.07, 6.45) is -0.344. The van der Waals surface area contributed by atoms with Gasteiger partial charge in [0.25, 0.3) is 5.69 Å². The number of hydrogen-bond acceptors (Lipinski definition) is 8. The molecule has 2 rings (SSSR count). The quantitative estimate of drug-likeness (QED) is 0.217. The normalized spacial score (nSPS) is 19.6. The lowest BCUT2D eigenvalue weighted by atomic mass is 10.2. The molecule has 1 saturated heterocycles. The van der Waals surface area contributed by atoms with Crippen molar-refractivity contribution in [2.75, 3.05) is 31.2 Å². The molecule has 114 valence electrons. The third-order valence-corrected chi connectivity index (χ3v) is 3.07. The van der Waals surface area contributed by atoms with Gasteiger partial charge in [0, 0.05) is 19.2 Å². The van der Waals surface area contributed by atoms with Gasteiger partial charge in [-0.05, 0) is 6.07 Å². The van der Waals surface area contributed by atoms with Gasteiger partial charge in [0.15, 0.2) is 11.5 Å². The lowest BCUT2D eigenvalue weighted by Gasteiger charge is -2.32. The van der Waals surface area contributed by atoms with Gasteiger partial charge in [-0.25, -0.2) is 4.98 Å². The van der Waals surface area contributed by atoms with E-state index in [9.17, 15) is 10.1 Å². The molecule has 0 radical (unpaired) electrons. The zero-order chi connectivity index (χ0) is 15.4. The first-order valence-electron chi connectivity index (χ1n) is 6.17. The molecule has 4 N–H and O–H groups in total. The van der Waals surface area contributed by atoms with Gasteiger partial charge >= 0.3 is 0 Å². The van der Waals surface area contributed by atoms with E-state index in [0.29, 0.717) is 25.5 Å². The first kappa shape index (κ1) is 14.9. The SMILES string of the molecule is N/C(=N/O)c1nc(N2CCOC(CO)C2)ccc1[N+](=O)[O-]. The van der Waals surface area contributed by atoms with E-state index < -0.39 is 10.8 Å². The fourth-order valence-electron chi connectivity index (χ4n) is 2.04. The van der Waals surface area contributed by atoms with Crippen LogP contribution in [-0.2, 0) is 4.74 Å². The van der Waals surface area contributed by atoms with E-state index in [1.165, 1.54) is 12.1 Å². The molecule has 1 unspecified atom stereocenters. The number of amidine groups is 1. The van der Waals surface area contributed by atoms with Crippen LogP contribution in [0.4, 0.5) is 11.5 Å². The highest BCUT2D eigenvalue weighted by molar-refractivity contribution is 5.99. The van der Waals surface area contributed by atoms with E-state index in [-0.39, 0.29) is 24.1 Å². The molecule has 0 saturated carbocycles. The fourth-order valence-corrected chi connectivity index (χ4v) is 2.04. The summed E-state index contributed by atoms with van der Waals surface area (Å²) >= 11 is 0. The Morgan fingerprint density at radius 1 is 1.67 bits per heavy atom. The zero-order valence-electron chi connectivity index (χ0n) is 11.0. The molecule has 0 amide bonds. The number of aliphatic hydroxyl groups is 1. The zero-order valence-corrected chi connectivity index (χ0v) is 11.0. The first-order valence-corrected chi connectivity index (χ1v) is 6.17. The number of nitro groups is 1. The number of aromatic nitrogens is 1. The van der Waals surface area contributed by atoms with Crippen molar-refractivity contribution in [3.63, 3.8) is 0 Å². The third kappa shape index (κ3) is 3.17. The van der Waals surface area contributed by atoms with Gasteiger partial charge in [0.05, 0.1) is 24.2 Å². The molecular weight excluding hydrogens is 282 g/mol. The summed E-state index contributed by atoms with van der Waals surface area (Å²) in [5.41, 5.74) is 4.89. The Hall–Kier alpha value is -2.46. The number of nitrogens with zero attached hydrogens (tertiary/aromatic N) is 4. The van der Waals surface area contributed by atoms with Crippen LogP contribution in [0.2, 0.25) is 0 Å². The number of pyridine rings is 1. The van der Waals surface area contributed by atoms with Crippen molar-refractivity contribution in [2.24, 2.45) is 10.9 Å². The average molecular weight is 297 g/mol. The maximum atomic E-state index is 10.9. The number of nitrogens with two attached hydrogens (primary N) is 1. The maximum absolute atomic E-state index is 10.9. The molecule has 1 aliphatic heterocycles. The van der Waals surface area contributed by atoms with Gasteiger partial charge in [0.1, 0.15) is 5.82 Å². The number of oxime groups is 1. The average Bonchev–Trinajstić information content (AvgIpc) is 2.53. The number of morpholine rings is 1. The Labute approximate surface area is 119 Å². The van der Waals surface area contributed by atoms with E-state index in [2.05, 4.69) is 10.1 Å². The van der Waals surface area contributed by atoms with Gasteiger partial charge in [-0.1, -0.05) is 5.16 Å². The standard InChI is InChI=1S/C11H15N5O5/c12-11(14-18)10-8(16(19)20)1-2-9(13-10)15-3-4-21-7(5-15)6-17/h1-2,7,17-18H,3-6H2,(H2,12,14). The van der Waals surface area contributed by atoms with Gasteiger partial charge in [-0.15, -0.1) is 0 Å². The van der Waals surface area contributed by atoms with Crippen LogP contribution < -0.4 is 10.6 Å². The molecule has 1 atom stereocenters. The Morgan fingerprint density at radius 3 is 3.05 bits per heavy atom. The van der Waals surface area contributed by atoms with Crippen LogP contribution in [0.1, 0.15) is 5.69 Å². The van der Waals surface area contributed by atoms with Gasteiger partial charge in [0.2, 0.25) is 0 Å². The molecule has 1 aliphatic rings. The summed E-state index contributed by atoms with van der Waals surface area (Å²) in [7, 11) is 0. The van der Waals surface area contributed by atoms with Crippen LogP contribution in [0.3, 0.4) is 0 Å². The van der Waals surface area contributed by atoms with Gasteiger partial charge in [-0.3, -0.25) is 10.1 Å². The first-order chi connectivity index (χ1) is 10.1. The van der Waals surface area contributed by atoms with Crippen molar-refractivity contribution >= 4 is 17.3 Å². The van der Waals surface area contributed by atoms with Crippen molar-refractivity contribution in [2.45, 2.75) is 6.10 Å². The van der Waals surface area contributed by atoms with Crippen molar-refractivity contribution < 1.29 is 20.0 Å². The van der Waals surface area contributed by atoms with Gasteiger partial charge < -0.3 is 25.7 Å². The highest BCUT2D eigenvalue weighted by Gasteiger charge is 2.25. The molecule has 10 nitrogen and oxygen atoms in total. The minimum atomic E-state index is -0.653. The van der Waals surface area contributed by atoms with E-state index in [0.717, 1.165) is 0 Å². The summed E-state index contributed by atoms with van der Waals surface area (Å²) in [5, 5.41) is 31.5. The van der Waals surface area contributed by atoms with E-state index >= 15 is 0 Å². The lowest BCUT2D eigenvalue weighted by molar-refractivity contribution is -0.385. The second-order valence-electron chi connectivity index (χ2n) is 4.40. The van der Waals surface area contributed by atoms with E-state index in [4.69, 9.17) is 20.8 Å². The lowest BCUT2D eigenvalue weighted by Crippen LogP contribution is -2.44. The molecule has 1 fully saturated rings. The third-order valence-electron chi connectivity index (χ3n) is 3.07. The van der Waals surface area contributed by atoms with Crippen LogP contribution in [0.5, 0.6) is 0 Å². The highest BCUT2D eigenvalue weighted by Crippen LogP contribution is 2.22. The number of anilines is 1. The minimum Gasteiger partial charge on any atom is -0.409 e. The second-order valence-corrected chi connectivity index (χ2v) is 4.40. The van der Waals surface area contributed by atoms with E-state index in [1.54, 1.807) is 0 Å². The van der Waals surface area contributed by atoms with Crippen molar-refractivity contribution in [1.29, 1.82) is 0 Å². The Bertz CT molecular complexity index is 564. The number of ether oxygens (including phenoxy) is 1. The number of hydrogen-bond donors (Lipinski definition) is 3. The fraction of sp³-hybridized carbons (Fsp3) is 0.455. The summed E-state index contributed by atoms with van der Waals surface area (Å²) in [6.45, 7) is 1.20. The molecule has 10 heteroatoms. The predicted molar refractivity (Wildman–Crippen MR) is 72.4 cm³/mol. The second kappa shape index (κ2) is 6.33. The molecule has 2 heterocycles. The summed E-state index contributed by atoms with van der Waals surface area (Å²) < 4.78 is 5.32. The molecule has 1 aromatic rings. The number of rotatable bonds is 4. The van der Waals surface area contributed by atoms with Crippen molar-refractivity contribution in [3.8, 4) is 0 Å². The molecule has 0 aromatic carbocycles.